The lowest BCUT2D eigenvalue weighted by molar-refractivity contribution is -0.140. The van der Waals surface area contributed by atoms with E-state index in [0.29, 0.717) is 11.8 Å². The fraction of sp³-hybridized carbons (Fsp3) is 0.250. The van der Waals surface area contributed by atoms with E-state index in [1.807, 2.05) is 0 Å². The van der Waals surface area contributed by atoms with Gasteiger partial charge in [-0.25, -0.2) is 4.79 Å². The van der Waals surface area contributed by atoms with Crippen molar-refractivity contribution in [1.82, 2.24) is 0 Å². The molecule has 24 heavy (non-hydrogen) atoms. The minimum absolute atomic E-state index is 0.121. The molecule has 0 bridgehead atoms. The highest BCUT2D eigenvalue weighted by atomic mass is 35.5. The fourth-order valence-electron chi connectivity index (χ4n) is 2.70. The Bertz CT molecular complexity index is 785. The number of carboxylic acid groups (broad SMARTS) is 1. The fourth-order valence-corrected chi connectivity index (χ4v) is 3.01. The zero-order valence-electron chi connectivity index (χ0n) is 12.7. The van der Waals surface area contributed by atoms with Crippen LogP contribution in [0.25, 0.3) is 0 Å². The highest BCUT2D eigenvalue weighted by Crippen LogP contribution is 2.40. The van der Waals surface area contributed by atoms with Gasteiger partial charge in [0, 0.05) is 11.6 Å². The van der Waals surface area contributed by atoms with Crippen molar-refractivity contribution >= 4 is 47.1 Å². The minimum atomic E-state index is -1.18. The number of rotatable bonds is 4. The van der Waals surface area contributed by atoms with Crippen LogP contribution >= 0.6 is 23.2 Å². The van der Waals surface area contributed by atoms with Crippen molar-refractivity contribution in [3.05, 3.63) is 45.1 Å². The number of ether oxygens (including phenoxy) is 1. The average molecular weight is 370 g/mol. The van der Waals surface area contributed by atoms with Crippen LogP contribution in [0.2, 0.25) is 10.0 Å². The van der Waals surface area contributed by atoms with Gasteiger partial charge in [-0.1, -0.05) is 29.3 Å². The lowest BCUT2D eigenvalue weighted by atomic mass is 9.75. The summed E-state index contributed by atoms with van der Waals surface area (Å²) in [6, 6.07) is 4.52. The Morgan fingerprint density at radius 1 is 1.29 bits per heavy atom. The summed E-state index contributed by atoms with van der Waals surface area (Å²) in [4.78, 5) is 39.2. The quantitative estimate of drug-likeness (QED) is 0.650. The van der Waals surface area contributed by atoms with E-state index in [9.17, 15) is 19.5 Å². The number of benzene rings is 1. The van der Waals surface area contributed by atoms with E-state index >= 15 is 0 Å². The number of allylic oxidation sites excluding steroid dienone is 1. The molecule has 2 rings (SSSR count). The molecule has 0 amide bonds. The molecule has 1 aliphatic heterocycles. The summed E-state index contributed by atoms with van der Waals surface area (Å²) in [5, 5.41) is 10.1. The van der Waals surface area contributed by atoms with Crippen molar-refractivity contribution in [3.63, 3.8) is 0 Å². The van der Waals surface area contributed by atoms with Gasteiger partial charge >= 0.3 is 11.9 Å². The molecule has 1 N–H and O–H groups in total. The first-order valence-corrected chi connectivity index (χ1v) is 7.58. The normalized spacial score (nSPS) is 20.4. The number of aldehydes is 1. The highest BCUT2D eigenvalue weighted by molar-refractivity contribution is 6.42. The Kier molecular flexibility index (Phi) is 5.41. The molecule has 1 aliphatic rings. The smallest absolute Gasteiger partial charge is 0.336 e. The third kappa shape index (κ3) is 3.20. The van der Waals surface area contributed by atoms with Gasteiger partial charge < -0.3 is 9.84 Å². The summed E-state index contributed by atoms with van der Waals surface area (Å²) in [6.07, 6.45) is 0.401. The van der Waals surface area contributed by atoms with Crippen molar-refractivity contribution in [2.24, 2.45) is 10.9 Å². The van der Waals surface area contributed by atoms with E-state index in [1.165, 1.54) is 19.1 Å². The van der Waals surface area contributed by atoms with Gasteiger partial charge in [-0.3, -0.25) is 14.6 Å². The monoisotopic (exact) mass is 369 g/mol. The Balaban J connectivity index is 2.76. The summed E-state index contributed by atoms with van der Waals surface area (Å²) >= 11 is 11.9. The van der Waals surface area contributed by atoms with Gasteiger partial charge in [-0.2, -0.15) is 0 Å². The third-order valence-electron chi connectivity index (χ3n) is 3.75. The van der Waals surface area contributed by atoms with Crippen LogP contribution in [0.1, 0.15) is 18.4 Å². The zero-order valence-corrected chi connectivity index (χ0v) is 14.3. The number of hydrogen-bond acceptors (Lipinski definition) is 5. The molecule has 8 heteroatoms. The summed E-state index contributed by atoms with van der Waals surface area (Å²) in [5.74, 6) is -4.11. The van der Waals surface area contributed by atoms with Crippen LogP contribution in [0.5, 0.6) is 0 Å². The molecule has 0 saturated carbocycles. The number of carbonyl (C=O) groups excluding carboxylic acids is 2. The number of hydrogen-bond donors (Lipinski definition) is 1. The second kappa shape index (κ2) is 7.15. The molecule has 1 aromatic carbocycles. The van der Waals surface area contributed by atoms with Gasteiger partial charge in [0.1, 0.15) is 11.6 Å². The van der Waals surface area contributed by atoms with Crippen molar-refractivity contribution < 1.29 is 24.2 Å². The van der Waals surface area contributed by atoms with Crippen LogP contribution in [-0.4, -0.2) is 36.2 Å². The molecule has 0 spiro atoms. The second-order valence-electron chi connectivity index (χ2n) is 5.13. The topological polar surface area (TPSA) is 93.0 Å². The molecule has 0 saturated heterocycles. The number of aliphatic carboxylic acids is 1. The molecule has 2 atom stereocenters. The molecule has 2 unspecified atom stereocenters. The largest absolute Gasteiger partial charge is 0.481 e. The molecule has 0 radical (unpaired) electrons. The molecule has 126 valence electrons. The minimum Gasteiger partial charge on any atom is -0.481 e. The molecule has 6 nitrogen and oxygen atoms in total. The summed E-state index contributed by atoms with van der Waals surface area (Å²) in [7, 11) is 1.14. The highest BCUT2D eigenvalue weighted by Gasteiger charge is 2.42. The van der Waals surface area contributed by atoms with Crippen molar-refractivity contribution in [2.75, 3.05) is 7.11 Å². The van der Waals surface area contributed by atoms with Crippen LogP contribution in [0, 0.1) is 5.92 Å². The van der Waals surface area contributed by atoms with Gasteiger partial charge in [0.15, 0.2) is 6.29 Å². The first-order chi connectivity index (χ1) is 11.3. The summed E-state index contributed by atoms with van der Waals surface area (Å²) in [6.45, 7) is 1.49. The van der Waals surface area contributed by atoms with Crippen LogP contribution in [-0.2, 0) is 19.1 Å². The van der Waals surface area contributed by atoms with Gasteiger partial charge in [0.2, 0.25) is 0 Å². The van der Waals surface area contributed by atoms with Crippen LogP contribution in [0.15, 0.2) is 34.5 Å². The molecule has 0 aromatic heterocycles. The van der Waals surface area contributed by atoms with Gasteiger partial charge in [-0.15, -0.1) is 0 Å². The van der Waals surface area contributed by atoms with Crippen molar-refractivity contribution in [3.8, 4) is 0 Å². The molecule has 1 heterocycles. The average Bonchev–Trinajstić information content (AvgIpc) is 2.55. The number of esters is 1. The maximum absolute atomic E-state index is 12.2. The summed E-state index contributed by atoms with van der Waals surface area (Å²) in [5.41, 5.74) is 0.343. The van der Waals surface area contributed by atoms with E-state index in [0.717, 1.165) is 7.11 Å². The molecular formula is C16H13Cl2NO5. The van der Waals surface area contributed by atoms with E-state index < -0.39 is 23.8 Å². The molecule has 0 aliphatic carbocycles. The van der Waals surface area contributed by atoms with Crippen LogP contribution in [0.3, 0.4) is 0 Å². The van der Waals surface area contributed by atoms with E-state index in [-0.39, 0.29) is 27.0 Å². The lowest BCUT2D eigenvalue weighted by Crippen LogP contribution is -2.35. The van der Waals surface area contributed by atoms with E-state index in [4.69, 9.17) is 27.9 Å². The maximum Gasteiger partial charge on any atom is 0.336 e. The summed E-state index contributed by atoms with van der Waals surface area (Å²) < 4.78 is 4.71. The number of methoxy groups -OCH3 is 1. The second-order valence-corrected chi connectivity index (χ2v) is 5.94. The van der Waals surface area contributed by atoms with Gasteiger partial charge in [-0.05, 0) is 24.6 Å². The Morgan fingerprint density at radius 2 is 1.96 bits per heavy atom. The first kappa shape index (κ1) is 18.2. The van der Waals surface area contributed by atoms with Crippen molar-refractivity contribution in [2.45, 2.75) is 12.8 Å². The molecule has 1 aromatic rings. The standard InChI is InChI=1S/C16H13Cl2NO5/c1-7-12(15(21)22)13(8-3-4-9(17)10(18)5-8)14(16(23)24-2)11(6-20)19-7/h3-6,12-13H,1-2H3,(H,21,22). The Hall–Kier alpha value is -2.18. The third-order valence-corrected chi connectivity index (χ3v) is 4.49. The first-order valence-electron chi connectivity index (χ1n) is 6.82. The molecule has 0 fully saturated rings. The Morgan fingerprint density at radius 3 is 2.46 bits per heavy atom. The van der Waals surface area contributed by atoms with E-state index in [1.54, 1.807) is 6.07 Å². The Labute approximate surface area is 147 Å². The van der Waals surface area contributed by atoms with Crippen LogP contribution < -0.4 is 0 Å². The van der Waals surface area contributed by atoms with E-state index in [2.05, 4.69) is 4.99 Å². The van der Waals surface area contributed by atoms with Gasteiger partial charge in [0.05, 0.1) is 22.7 Å². The number of aliphatic imine (C=N–C) groups is 1. The predicted molar refractivity (Wildman–Crippen MR) is 88.5 cm³/mol. The number of halogens is 2. The van der Waals surface area contributed by atoms with Crippen LogP contribution in [0.4, 0.5) is 0 Å². The predicted octanol–water partition coefficient (Wildman–Crippen LogP) is 2.88. The van der Waals surface area contributed by atoms with Crippen molar-refractivity contribution in [1.29, 1.82) is 0 Å². The number of carboxylic acids is 1. The SMILES string of the molecule is COC(=O)C1=C(C=O)N=C(C)C(C(=O)O)C1c1ccc(Cl)c(Cl)c1. The van der Waals surface area contributed by atoms with Gasteiger partial charge in [0.25, 0.3) is 0 Å². The number of carbonyl (C=O) groups is 3. The molecular weight excluding hydrogens is 357 g/mol. The zero-order chi connectivity index (χ0) is 18.0. The lowest BCUT2D eigenvalue weighted by Gasteiger charge is -2.29. The maximum atomic E-state index is 12.2. The number of nitrogens with zero attached hydrogens (tertiary/aromatic N) is 1.